The summed E-state index contributed by atoms with van der Waals surface area (Å²) in [6.07, 6.45) is 0. The molecule has 1 saturated heterocycles. The van der Waals surface area contributed by atoms with Crippen LogP contribution in [0.1, 0.15) is 22.8 Å². The van der Waals surface area contributed by atoms with E-state index < -0.39 is 0 Å². The number of piperazine rings is 1. The normalized spacial score (nSPS) is 21.1. The molecule has 1 amide bonds. The van der Waals surface area contributed by atoms with Crippen molar-refractivity contribution in [2.75, 3.05) is 32.4 Å². The Balaban J connectivity index is 2.20. The van der Waals surface area contributed by atoms with E-state index in [9.17, 15) is 4.79 Å². The van der Waals surface area contributed by atoms with E-state index in [2.05, 4.69) is 18.9 Å². The van der Waals surface area contributed by atoms with Gasteiger partial charge in [0.2, 0.25) is 0 Å². The summed E-state index contributed by atoms with van der Waals surface area (Å²) in [4.78, 5) is 16.6. The summed E-state index contributed by atoms with van der Waals surface area (Å²) in [7, 11) is 2.08. The highest BCUT2D eigenvalue weighted by Gasteiger charge is 2.27. The van der Waals surface area contributed by atoms with E-state index in [4.69, 9.17) is 5.73 Å². The van der Waals surface area contributed by atoms with Crippen LogP contribution in [0.3, 0.4) is 0 Å². The molecule has 0 bridgehead atoms. The van der Waals surface area contributed by atoms with Crippen LogP contribution < -0.4 is 5.73 Å². The maximum absolute atomic E-state index is 12.5. The summed E-state index contributed by atoms with van der Waals surface area (Å²) in [5.74, 6) is 0.0492. The Hall–Kier alpha value is -1.55. The van der Waals surface area contributed by atoms with Crippen LogP contribution in [0.15, 0.2) is 18.2 Å². The molecule has 0 saturated carbocycles. The van der Waals surface area contributed by atoms with E-state index in [1.54, 1.807) is 0 Å². The second-order valence-electron chi connectivity index (χ2n) is 5.20. The molecule has 1 atom stereocenters. The number of benzene rings is 1. The lowest BCUT2D eigenvalue weighted by Crippen LogP contribution is -2.52. The second-order valence-corrected chi connectivity index (χ2v) is 5.20. The number of nitrogen functional groups attached to an aromatic ring is 1. The van der Waals surface area contributed by atoms with E-state index in [1.807, 2.05) is 30.0 Å². The Labute approximate surface area is 108 Å². The van der Waals surface area contributed by atoms with Crippen molar-refractivity contribution < 1.29 is 4.79 Å². The van der Waals surface area contributed by atoms with Gasteiger partial charge in [-0.05, 0) is 38.6 Å². The zero-order chi connectivity index (χ0) is 13.3. The summed E-state index contributed by atoms with van der Waals surface area (Å²) in [5, 5.41) is 0. The molecular formula is C14H21N3O. The Morgan fingerprint density at radius 3 is 2.72 bits per heavy atom. The molecule has 1 aliphatic heterocycles. The number of carbonyl (C=O) groups is 1. The average molecular weight is 247 g/mol. The Morgan fingerprint density at radius 2 is 2.11 bits per heavy atom. The van der Waals surface area contributed by atoms with Gasteiger partial charge in [0, 0.05) is 31.4 Å². The van der Waals surface area contributed by atoms with Gasteiger partial charge in [0.25, 0.3) is 5.91 Å². The molecule has 0 aliphatic carbocycles. The zero-order valence-corrected chi connectivity index (χ0v) is 11.3. The first-order valence-corrected chi connectivity index (χ1v) is 6.34. The van der Waals surface area contributed by atoms with Crippen LogP contribution >= 0.6 is 0 Å². The molecule has 4 nitrogen and oxygen atoms in total. The van der Waals surface area contributed by atoms with E-state index in [1.165, 1.54) is 0 Å². The first-order chi connectivity index (χ1) is 8.49. The molecule has 0 aromatic heterocycles. The van der Waals surface area contributed by atoms with Crippen molar-refractivity contribution >= 4 is 11.6 Å². The van der Waals surface area contributed by atoms with Crippen LogP contribution in [0.2, 0.25) is 0 Å². The molecule has 1 aromatic carbocycles. The van der Waals surface area contributed by atoms with Gasteiger partial charge in [0.05, 0.1) is 5.56 Å². The standard InChI is InChI=1S/C14H21N3O/c1-10-4-5-12(13(15)8-10)14(18)17-7-6-16(3)9-11(17)2/h4-5,8,11H,6-7,9,15H2,1-3H3. The third-order valence-electron chi connectivity index (χ3n) is 3.53. The predicted molar refractivity (Wildman–Crippen MR) is 73.6 cm³/mol. The van der Waals surface area contributed by atoms with Crippen molar-refractivity contribution in [3.8, 4) is 0 Å². The Morgan fingerprint density at radius 1 is 1.39 bits per heavy atom. The molecule has 0 spiro atoms. The third-order valence-corrected chi connectivity index (χ3v) is 3.53. The van der Waals surface area contributed by atoms with Gasteiger partial charge in [-0.3, -0.25) is 4.79 Å². The minimum Gasteiger partial charge on any atom is -0.398 e. The number of anilines is 1. The molecule has 18 heavy (non-hydrogen) atoms. The fourth-order valence-electron chi connectivity index (χ4n) is 2.47. The number of amides is 1. The lowest BCUT2D eigenvalue weighted by molar-refractivity contribution is 0.0534. The van der Waals surface area contributed by atoms with Crippen molar-refractivity contribution in [2.24, 2.45) is 0 Å². The van der Waals surface area contributed by atoms with Gasteiger partial charge in [-0.15, -0.1) is 0 Å². The molecular weight excluding hydrogens is 226 g/mol. The summed E-state index contributed by atoms with van der Waals surface area (Å²) in [5.41, 5.74) is 8.22. The molecule has 0 radical (unpaired) electrons. The van der Waals surface area contributed by atoms with Gasteiger partial charge < -0.3 is 15.5 Å². The maximum atomic E-state index is 12.5. The van der Waals surface area contributed by atoms with E-state index in [0.717, 1.165) is 25.2 Å². The van der Waals surface area contributed by atoms with Crippen LogP contribution in [-0.4, -0.2) is 48.4 Å². The van der Waals surface area contributed by atoms with Crippen molar-refractivity contribution in [3.63, 3.8) is 0 Å². The molecule has 1 fully saturated rings. The van der Waals surface area contributed by atoms with E-state index in [-0.39, 0.29) is 11.9 Å². The number of aryl methyl sites for hydroxylation is 1. The van der Waals surface area contributed by atoms with Crippen molar-refractivity contribution in [2.45, 2.75) is 19.9 Å². The molecule has 1 unspecified atom stereocenters. The van der Waals surface area contributed by atoms with Gasteiger partial charge in [0.15, 0.2) is 0 Å². The molecule has 1 heterocycles. The predicted octanol–water partition coefficient (Wildman–Crippen LogP) is 1.35. The van der Waals surface area contributed by atoms with E-state index in [0.29, 0.717) is 11.3 Å². The fraction of sp³-hybridized carbons (Fsp3) is 0.500. The van der Waals surface area contributed by atoms with E-state index >= 15 is 0 Å². The van der Waals surface area contributed by atoms with Crippen LogP contribution in [0, 0.1) is 6.92 Å². The third kappa shape index (κ3) is 2.48. The number of hydrogen-bond acceptors (Lipinski definition) is 3. The number of carbonyl (C=O) groups excluding carboxylic acids is 1. The fourth-order valence-corrected chi connectivity index (χ4v) is 2.47. The summed E-state index contributed by atoms with van der Waals surface area (Å²) >= 11 is 0. The highest BCUT2D eigenvalue weighted by molar-refractivity contribution is 5.99. The number of nitrogens with two attached hydrogens (primary N) is 1. The summed E-state index contributed by atoms with van der Waals surface area (Å²) < 4.78 is 0. The molecule has 98 valence electrons. The number of hydrogen-bond donors (Lipinski definition) is 1. The Bertz CT molecular complexity index is 458. The van der Waals surface area contributed by atoms with Gasteiger partial charge >= 0.3 is 0 Å². The van der Waals surface area contributed by atoms with Crippen molar-refractivity contribution in [3.05, 3.63) is 29.3 Å². The summed E-state index contributed by atoms with van der Waals surface area (Å²) in [6.45, 7) is 6.66. The smallest absolute Gasteiger partial charge is 0.256 e. The van der Waals surface area contributed by atoms with Gasteiger partial charge in [-0.1, -0.05) is 6.07 Å². The lowest BCUT2D eigenvalue weighted by Gasteiger charge is -2.38. The first kappa shape index (κ1) is 12.9. The van der Waals surface area contributed by atoms with Gasteiger partial charge in [-0.2, -0.15) is 0 Å². The van der Waals surface area contributed by atoms with Gasteiger partial charge in [0.1, 0.15) is 0 Å². The van der Waals surface area contributed by atoms with Crippen LogP contribution in [0.4, 0.5) is 5.69 Å². The molecule has 1 aromatic rings. The average Bonchev–Trinajstić information content (AvgIpc) is 2.28. The topological polar surface area (TPSA) is 49.6 Å². The second kappa shape index (κ2) is 4.98. The van der Waals surface area contributed by atoms with Crippen LogP contribution in [0.25, 0.3) is 0 Å². The van der Waals surface area contributed by atoms with Crippen LogP contribution in [-0.2, 0) is 0 Å². The number of nitrogens with zero attached hydrogens (tertiary/aromatic N) is 2. The largest absolute Gasteiger partial charge is 0.398 e. The highest BCUT2D eigenvalue weighted by Crippen LogP contribution is 2.19. The molecule has 1 aliphatic rings. The minimum atomic E-state index is 0.0492. The van der Waals surface area contributed by atoms with Crippen LogP contribution in [0.5, 0.6) is 0 Å². The SMILES string of the molecule is Cc1ccc(C(=O)N2CCN(C)CC2C)c(N)c1. The first-order valence-electron chi connectivity index (χ1n) is 6.34. The maximum Gasteiger partial charge on any atom is 0.256 e. The highest BCUT2D eigenvalue weighted by atomic mass is 16.2. The molecule has 4 heteroatoms. The molecule has 2 N–H and O–H groups in total. The Kier molecular flexibility index (Phi) is 3.57. The minimum absolute atomic E-state index is 0.0492. The zero-order valence-electron chi connectivity index (χ0n) is 11.3. The molecule has 2 rings (SSSR count). The van der Waals surface area contributed by atoms with Crippen molar-refractivity contribution in [1.29, 1.82) is 0 Å². The summed E-state index contributed by atoms with van der Waals surface area (Å²) in [6, 6.07) is 5.85. The quantitative estimate of drug-likeness (QED) is 0.762. The van der Waals surface area contributed by atoms with Crippen molar-refractivity contribution in [1.82, 2.24) is 9.80 Å². The monoisotopic (exact) mass is 247 g/mol. The van der Waals surface area contributed by atoms with Gasteiger partial charge in [-0.25, -0.2) is 0 Å². The number of likely N-dealkylation sites (N-methyl/N-ethyl adjacent to an activating group) is 1. The number of rotatable bonds is 1. The lowest BCUT2D eigenvalue weighted by atomic mass is 10.1.